The lowest BCUT2D eigenvalue weighted by Crippen LogP contribution is -2.23. The number of pyridine rings is 3. The van der Waals surface area contributed by atoms with Gasteiger partial charge in [-0.15, -0.1) is 0 Å². The van der Waals surface area contributed by atoms with Gasteiger partial charge in [0, 0.05) is 37.4 Å². The summed E-state index contributed by atoms with van der Waals surface area (Å²) in [6.07, 6.45) is 0.682. The Hall–Kier alpha value is -4.86. The van der Waals surface area contributed by atoms with Crippen LogP contribution in [0.1, 0.15) is 16.7 Å². The van der Waals surface area contributed by atoms with Gasteiger partial charge >= 0.3 is 6.18 Å². The number of hydrogen-bond acceptors (Lipinski definition) is 7. The van der Waals surface area contributed by atoms with Gasteiger partial charge in [0.15, 0.2) is 11.4 Å². The van der Waals surface area contributed by atoms with E-state index in [0.717, 1.165) is 15.5 Å². The van der Waals surface area contributed by atoms with Gasteiger partial charge in [-0.3, -0.25) is 4.79 Å². The number of alkyl halides is 3. The highest BCUT2D eigenvalue weighted by molar-refractivity contribution is 5.85. The fourth-order valence-corrected chi connectivity index (χ4v) is 3.87. The van der Waals surface area contributed by atoms with Crippen molar-refractivity contribution >= 4 is 33.8 Å². The standard InChI is InChI=1S/C23H17F3N8O2/c1-11-13-4-5-28-19(13)29-8-16(11)36-17-9-30-20-18(14(17)7-27)34(3)22(32-20)31-15-6-12(23(24,25)26)10-33(2)21(15)35/h4-6,8-10H,1-3H3,(H,28,29)(H,30,31,32). The smallest absolute Gasteiger partial charge is 0.417 e. The Morgan fingerprint density at radius 2 is 1.94 bits per heavy atom. The van der Waals surface area contributed by atoms with Crippen LogP contribution in [-0.2, 0) is 20.3 Å². The molecule has 0 bridgehead atoms. The summed E-state index contributed by atoms with van der Waals surface area (Å²) in [5.41, 5.74) is 0.000447. The summed E-state index contributed by atoms with van der Waals surface area (Å²) < 4.78 is 48.0. The molecular weight excluding hydrogens is 477 g/mol. The van der Waals surface area contributed by atoms with E-state index in [9.17, 15) is 23.2 Å². The number of ether oxygens (including phenoxy) is 1. The molecule has 0 unspecified atom stereocenters. The van der Waals surface area contributed by atoms with Crippen LogP contribution in [0.15, 0.2) is 41.7 Å². The third-order valence-corrected chi connectivity index (χ3v) is 5.76. The van der Waals surface area contributed by atoms with Gasteiger partial charge in [0.1, 0.15) is 34.2 Å². The Kier molecular flexibility index (Phi) is 5.17. The molecule has 10 nitrogen and oxygen atoms in total. The maximum absolute atomic E-state index is 13.3. The van der Waals surface area contributed by atoms with E-state index in [1.165, 1.54) is 24.0 Å². The summed E-state index contributed by atoms with van der Waals surface area (Å²) in [6.45, 7) is 1.85. The number of rotatable bonds is 4. The van der Waals surface area contributed by atoms with E-state index in [0.29, 0.717) is 23.7 Å². The summed E-state index contributed by atoms with van der Waals surface area (Å²) in [4.78, 5) is 28.3. The van der Waals surface area contributed by atoms with Crippen molar-refractivity contribution in [2.45, 2.75) is 13.1 Å². The monoisotopic (exact) mass is 494 g/mol. The van der Waals surface area contributed by atoms with Crippen LogP contribution in [0.25, 0.3) is 22.2 Å². The van der Waals surface area contributed by atoms with Gasteiger partial charge in [-0.05, 0) is 19.1 Å². The normalized spacial score (nSPS) is 11.7. The zero-order valence-electron chi connectivity index (χ0n) is 19.1. The zero-order valence-corrected chi connectivity index (χ0v) is 19.1. The van der Waals surface area contributed by atoms with E-state index in [2.05, 4.69) is 31.3 Å². The van der Waals surface area contributed by atoms with Gasteiger partial charge in [0.2, 0.25) is 5.95 Å². The number of halogens is 3. The largest absolute Gasteiger partial charge is 0.452 e. The lowest BCUT2D eigenvalue weighted by molar-refractivity contribution is -0.138. The van der Waals surface area contributed by atoms with Crippen LogP contribution in [-0.4, -0.2) is 29.1 Å². The van der Waals surface area contributed by atoms with Crippen molar-refractivity contribution in [3.05, 3.63) is 64.0 Å². The number of fused-ring (bicyclic) bond motifs is 2. The number of H-pyrrole nitrogens is 1. The maximum atomic E-state index is 13.3. The molecule has 5 rings (SSSR count). The summed E-state index contributed by atoms with van der Waals surface area (Å²) in [5.74, 6) is 0.594. The van der Waals surface area contributed by atoms with E-state index in [-0.39, 0.29) is 34.1 Å². The van der Waals surface area contributed by atoms with Gasteiger partial charge in [0.05, 0.1) is 18.0 Å². The predicted octanol–water partition coefficient (Wildman–Crippen LogP) is 4.28. The number of nitriles is 1. The second-order valence-electron chi connectivity index (χ2n) is 8.05. The van der Waals surface area contributed by atoms with Crippen LogP contribution in [0.3, 0.4) is 0 Å². The fourth-order valence-electron chi connectivity index (χ4n) is 3.87. The Bertz CT molecular complexity index is 1760. The Balaban J connectivity index is 1.58. The molecule has 0 aliphatic carbocycles. The summed E-state index contributed by atoms with van der Waals surface area (Å²) in [6, 6.07) is 4.65. The first-order valence-electron chi connectivity index (χ1n) is 10.5. The van der Waals surface area contributed by atoms with E-state index in [1.807, 2.05) is 13.0 Å². The molecule has 0 aromatic carbocycles. The van der Waals surface area contributed by atoms with Crippen LogP contribution < -0.4 is 15.6 Å². The number of imidazole rings is 1. The number of nitrogens with zero attached hydrogens (tertiary/aromatic N) is 6. The zero-order chi connectivity index (χ0) is 25.8. The Morgan fingerprint density at radius 1 is 1.19 bits per heavy atom. The minimum Gasteiger partial charge on any atom is -0.452 e. The summed E-state index contributed by atoms with van der Waals surface area (Å²) in [7, 11) is 2.76. The van der Waals surface area contributed by atoms with Gasteiger partial charge in [-0.1, -0.05) is 0 Å². The summed E-state index contributed by atoms with van der Waals surface area (Å²) >= 11 is 0. The molecule has 0 fully saturated rings. The average molecular weight is 494 g/mol. The number of aromatic amines is 1. The summed E-state index contributed by atoms with van der Waals surface area (Å²) in [5, 5.41) is 13.4. The molecule has 5 heterocycles. The molecule has 0 aliphatic rings. The number of nitrogens with one attached hydrogen (secondary N) is 2. The van der Waals surface area contributed by atoms with Crippen LogP contribution in [0.4, 0.5) is 24.8 Å². The molecule has 2 N–H and O–H groups in total. The highest BCUT2D eigenvalue weighted by Crippen LogP contribution is 2.34. The first kappa shape index (κ1) is 22.9. The molecule has 0 aliphatic heterocycles. The number of anilines is 2. The van der Waals surface area contributed by atoms with Crippen LogP contribution >= 0.6 is 0 Å². The third kappa shape index (κ3) is 3.68. The molecule has 0 spiro atoms. The number of aromatic nitrogens is 6. The molecular formula is C23H17F3N8O2. The van der Waals surface area contributed by atoms with Crippen molar-refractivity contribution in [1.29, 1.82) is 5.26 Å². The minimum atomic E-state index is -4.65. The Labute approximate surface area is 200 Å². The average Bonchev–Trinajstić information content (AvgIpc) is 3.43. The van der Waals surface area contributed by atoms with Crippen molar-refractivity contribution in [1.82, 2.24) is 29.1 Å². The Morgan fingerprint density at radius 3 is 2.67 bits per heavy atom. The second kappa shape index (κ2) is 8.12. The molecule has 36 heavy (non-hydrogen) atoms. The van der Waals surface area contributed by atoms with Crippen molar-refractivity contribution in [2.75, 3.05) is 5.32 Å². The molecule has 0 atom stereocenters. The highest BCUT2D eigenvalue weighted by Gasteiger charge is 2.32. The molecule has 0 amide bonds. The quantitative estimate of drug-likeness (QED) is 0.382. The first-order chi connectivity index (χ1) is 17.1. The van der Waals surface area contributed by atoms with Crippen molar-refractivity contribution < 1.29 is 17.9 Å². The van der Waals surface area contributed by atoms with Crippen LogP contribution in [0.5, 0.6) is 11.5 Å². The van der Waals surface area contributed by atoms with Gasteiger partial charge in [-0.25, -0.2) is 9.97 Å². The van der Waals surface area contributed by atoms with E-state index in [1.54, 1.807) is 13.2 Å². The minimum absolute atomic E-state index is 0.0224. The molecule has 0 saturated heterocycles. The van der Waals surface area contributed by atoms with Crippen molar-refractivity contribution in [3.8, 4) is 17.6 Å². The molecule has 5 aromatic rings. The first-order valence-corrected chi connectivity index (χ1v) is 10.5. The lowest BCUT2D eigenvalue weighted by Gasteiger charge is -2.12. The molecule has 0 saturated carbocycles. The van der Waals surface area contributed by atoms with Crippen LogP contribution in [0, 0.1) is 18.3 Å². The SMILES string of the molecule is Cc1c(Oc2cnc3nc(Nc4cc(C(F)(F)F)cn(C)c4=O)n(C)c3c2C#N)cnc2[nH]ccc12. The van der Waals surface area contributed by atoms with Gasteiger partial charge < -0.3 is 24.2 Å². The van der Waals surface area contributed by atoms with Gasteiger partial charge in [-0.2, -0.15) is 23.4 Å². The molecule has 182 valence electrons. The molecule has 0 radical (unpaired) electrons. The van der Waals surface area contributed by atoms with Crippen molar-refractivity contribution in [2.24, 2.45) is 14.1 Å². The number of hydrogen-bond donors (Lipinski definition) is 2. The third-order valence-electron chi connectivity index (χ3n) is 5.76. The van der Waals surface area contributed by atoms with Crippen LogP contribution in [0.2, 0.25) is 0 Å². The number of aryl methyl sites for hydroxylation is 3. The van der Waals surface area contributed by atoms with E-state index in [4.69, 9.17) is 4.74 Å². The predicted molar refractivity (Wildman–Crippen MR) is 124 cm³/mol. The maximum Gasteiger partial charge on any atom is 0.417 e. The second-order valence-corrected chi connectivity index (χ2v) is 8.05. The molecule has 13 heteroatoms. The molecule has 5 aromatic heterocycles. The highest BCUT2D eigenvalue weighted by atomic mass is 19.4. The van der Waals surface area contributed by atoms with Gasteiger partial charge in [0.25, 0.3) is 5.56 Å². The van der Waals surface area contributed by atoms with E-state index < -0.39 is 17.3 Å². The van der Waals surface area contributed by atoms with E-state index >= 15 is 0 Å². The fraction of sp³-hybridized carbons (Fsp3) is 0.174. The lowest BCUT2D eigenvalue weighted by atomic mass is 10.2. The topological polar surface area (TPSA) is 126 Å². The van der Waals surface area contributed by atoms with Crippen molar-refractivity contribution in [3.63, 3.8) is 0 Å².